The van der Waals surface area contributed by atoms with Gasteiger partial charge in [-0.05, 0) is 62.4 Å². The minimum Gasteiger partial charge on any atom is -0.352 e. The Balaban J connectivity index is 1.82. The van der Waals surface area contributed by atoms with E-state index in [1.54, 1.807) is 30.0 Å². The van der Waals surface area contributed by atoms with Crippen LogP contribution in [-0.4, -0.2) is 28.8 Å². The van der Waals surface area contributed by atoms with Crippen LogP contribution < -0.4 is 5.32 Å². The summed E-state index contributed by atoms with van der Waals surface area (Å²) >= 11 is 12.8. The Morgan fingerprint density at radius 3 is 2.31 bits per heavy atom. The molecule has 2 aromatic rings. The van der Waals surface area contributed by atoms with E-state index in [0.717, 1.165) is 36.8 Å². The van der Waals surface area contributed by atoms with E-state index in [9.17, 15) is 9.59 Å². The van der Waals surface area contributed by atoms with Crippen molar-refractivity contribution >= 4 is 35.0 Å². The summed E-state index contributed by atoms with van der Waals surface area (Å²) in [7, 11) is 0. The number of nitrogens with one attached hydrogen (secondary N) is 1. The van der Waals surface area contributed by atoms with E-state index in [4.69, 9.17) is 23.2 Å². The Kier molecular flexibility index (Phi) is 8.61. The van der Waals surface area contributed by atoms with Crippen LogP contribution in [0.3, 0.4) is 0 Å². The van der Waals surface area contributed by atoms with Crippen molar-refractivity contribution in [1.29, 1.82) is 0 Å². The molecule has 0 aliphatic heterocycles. The predicted molar refractivity (Wildman–Crippen MR) is 131 cm³/mol. The maximum atomic E-state index is 13.4. The second-order valence-corrected chi connectivity index (χ2v) is 9.65. The topological polar surface area (TPSA) is 49.4 Å². The van der Waals surface area contributed by atoms with Gasteiger partial charge in [-0.1, -0.05) is 66.7 Å². The molecular weight excluding hydrogens is 443 g/mol. The molecule has 0 unspecified atom stereocenters. The molecule has 1 N–H and O–H groups in total. The van der Waals surface area contributed by atoms with Gasteiger partial charge in [0.15, 0.2) is 0 Å². The van der Waals surface area contributed by atoms with Gasteiger partial charge in [-0.15, -0.1) is 0 Å². The summed E-state index contributed by atoms with van der Waals surface area (Å²) in [6.07, 6.45) is 5.67. The molecule has 1 saturated carbocycles. The van der Waals surface area contributed by atoms with E-state index < -0.39 is 6.04 Å². The van der Waals surface area contributed by atoms with Gasteiger partial charge in [0.25, 0.3) is 0 Å². The van der Waals surface area contributed by atoms with Gasteiger partial charge in [-0.25, -0.2) is 0 Å². The molecule has 32 heavy (non-hydrogen) atoms. The Hall–Kier alpha value is -2.04. The van der Waals surface area contributed by atoms with Crippen LogP contribution in [-0.2, 0) is 22.6 Å². The largest absolute Gasteiger partial charge is 0.352 e. The van der Waals surface area contributed by atoms with E-state index in [1.165, 1.54) is 12.0 Å². The van der Waals surface area contributed by atoms with Crippen LogP contribution in [0.4, 0.5) is 0 Å². The van der Waals surface area contributed by atoms with Crippen LogP contribution in [0.25, 0.3) is 0 Å². The summed E-state index contributed by atoms with van der Waals surface area (Å²) in [5, 5.41) is 4.13. The molecule has 3 rings (SSSR count). The van der Waals surface area contributed by atoms with Crippen LogP contribution in [0.2, 0.25) is 10.0 Å². The molecule has 1 fully saturated rings. The fourth-order valence-electron chi connectivity index (χ4n) is 4.19. The first-order valence-corrected chi connectivity index (χ1v) is 12.1. The van der Waals surface area contributed by atoms with Crippen molar-refractivity contribution < 1.29 is 9.59 Å². The first-order chi connectivity index (χ1) is 15.3. The predicted octanol–water partition coefficient (Wildman–Crippen LogP) is 6.02. The van der Waals surface area contributed by atoms with Crippen LogP contribution >= 0.6 is 23.2 Å². The minimum atomic E-state index is -0.636. The minimum absolute atomic E-state index is 0.129. The van der Waals surface area contributed by atoms with Crippen molar-refractivity contribution in [2.24, 2.45) is 0 Å². The highest BCUT2D eigenvalue weighted by atomic mass is 35.5. The standard InChI is InChI=1S/C26H32Cl2N2O2/c1-17-12-13-20(14-18(17)2)15-25(31)30(16-22-23(27)10-7-11-24(22)28)19(3)26(32)29-21-8-5-4-6-9-21/h7,10-14,19,21H,4-6,8-9,15-16H2,1-3H3,(H,29,32)/t19-/m0/s1. The summed E-state index contributed by atoms with van der Waals surface area (Å²) in [6.45, 7) is 6.04. The van der Waals surface area contributed by atoms with Gasteiger partial charge in [0.2, 0.25) is 11.8 Å². The molecule has 172 valence electrons. The molecule has 0 bridgehead atoms. The van der Waals surface area contributed by atoms with Crippen molar-refractivity contribution in [2.75, 3.05) is 0 Å². The van der Waals surface area contributed by atoms with Gasteiger partial charge < -0.3 is 10.2 Å². The van der Waals surface area contributed by atoms with Crippen molar-refractivity contribution in [1.82, 2.24) is 10.2 Å². The molecule has 6 heteroatoms. The lowest BCUT2D eigenvalue weighted by Crippen LogP contribution is -2.50. The lowest BCUT2D eigenvalue weighted by atomic mass is 9.95. The van der Waals surface area contributed by atoms with Crippen LogP contribution in [0.1, 0.15) is 61.3 Å². The van der Waals surface area contributed by atoms with E-state index in [0.29, 0.717) is 15.6 Å². The number of rotatable bonds is 7. The maximum absolute atomic E-state index is 13.4. The SMILES string of the molecule is Cc1ccc(CC(=O)N(Cc2c(Cl)cccc2Cl)[C@@H](C)C(=O)NC2CCCCC2)cc1C. The van der Waals surface area contributed by atoms with Crippen molar-refractivity contribution in [3.05, 3.63) is 68.7 Å². The van der Waals surface area contributed by atoms with Gasteiger partial charge in [-0.3, -0.25) is 9.59 Å². The molecule has 0 spiro atoms. The number of hydrogen-bond acceptors (Lipinski definition) is 2. The first kappa shape index (κ1) is 24.6. The Morgan fingerprint density at radius 1 is 1.03 bits per heavy atom. The Labute approximate surface area is 201 Å². The zero-order valence-corrected chi connectivity index (χ0v) is 20.6. The second-order valence-electron chi connectivity index (χ2n) is 8.84. The molecule has 1 aliphatic carbocycles. The van der Waals surface area contributed by atoms with Gasteiger partial charge in [0.1, 0.15) is 6.04 Å². The lowest BCUT2D eigenvalue weighted by molar-refractivity contribution is -0.140. The van der Waals surface area contributed by atoms with E-state index >= 15 is 0 Å². The highest BCUT2D eigenvalue weighted by Crippen LogP contribution is 2.27. The summed E-state index contributed by atoms with van der Waals surface area (Å²) in [5.74, 6) is -0.260. The Morgan fingerprint density at radius 2 is 1.69 bits per heavy atom. The highest BCUT2D eigenvalue weighted by Gasteiger charge is 2.29. The van der Waals surface area contributed by atoms with Crippen LogP contribution in [0.15, 0.2) is 36.4 Å². The maximum Gasteiger partial charge on any atom is 0.242 e. The number of aryl methyl sites for hydroxylation is 2. The number of hydrogen-bond donors (Lipinski definition) is 1. The zero-order valence-electron chi connectivity index (χ0n) is 19.1. The number of amides is 2. The summed E-state index contributed by atoms with van der Waals surface area (Å²) in [4.78, 5) is 28.1. The molecule has 0 radical (unpaired) electrons. The normalized spacial score (nSPS) is 15.3. The molecule has 0 aromatic heterocycles. The molecule has 1 atom stereocenters. The molecule has 2 amide bonds. The number of carbonyl (C=O) groups excluding carboxylic acids is 2. The third kappa shape index (κ3) is 6.26. The number of carbonyl (C=O) groups is 2. The van der Waals surface area contributed by atoms with E-state index in [1.807, 2.05) is 32.0 Å². The van der Waals surface area contributed by atoms with Gasteiger partial charge in [0, 0.05) is 28.2 Å². The smallest absolute Gasteiger partial charge is 0.242 e. The molecule has 4 nitrogen and oxygen atoms in total. The molecule has 0 saturated heterocycles. The molecule has 1 aliphatic rings. The van der Waals surface area contributed by atoms with Crippen molar-refractivity contribution in [3.63, 3.8) is 0 Å². The third-order valence-corrected chi connectivity index (χ3v) is 7.14. The van der Waals surface area contributed by atoms with Crippen LogP contribution in [0, 0.1) is 13.8 Å². The van der Waals surface area contributed by atoms with Crippen molar-refractivity contribution in [3.8, 4) is 0 Å². The quantitative estimate of drug-likeness (QED) is 0.533. The van der Waals surface area contributed by atoms with E-state index in [-0.39, 0.29) is 30.8 Å². The average molecular weight is 475 g/mol. The summed E-state index contributed by atoms with van der Waals surface area (Å²) < 4.78 is 0. The number of benzene rings is 2. The fraction of sp³-hybridized carbons (Fsp3) is 0.462. The first-order valence-electron chi connectivity index (χ1n) is 11.3. The average Bonchev–Trinajstić information content (AvgIpc) is 2.76. The van der Waals surface area contributed by atoms with Crippen molar-refractivity contribution in [2.45, 2.75) is 77.9 Å². The lowest BCUT2D eigenvalue weighted by Gasteiger charge is -2.31. The van der Waals surface area contributed by atoms with Gasteiger partial charge in [-0.2, -0.15) is 0 Å². The van der Waals surface area contributed by atoms with Gasteiger partial charge >= 0.3 is 0 Å². The third-order valence-electron chi connectivity index (χ3n) is 6.44. The second kappa shape index (κ2) is 11.2. The Bertz CT molecular complexity index is 950. The van der Waals surface area contributed by atoms with Crippen LogP contribution in [0.5, 0.6) is 0 Å². The summed E-state index contributed by atoms with van der Waals surface area (Å²) in [6, 6.07) is 10.8. The number of nitrogens with zero attached hydrogens (tertiary/aromatic N) is 1. The monoisotopic (exact) mass is 474 g/mol. The highest BCUT2D eigenvalue weighted by molar-refractivity contribution is 6.36. The summed E-state index contributed by atoms with van der Waals surface area (Å²) in [5.41, 5.74) is 3.90. The fourth-order valence-corrected chi connectivity index (χ4v) is 4.71. The zero-order chi connectivity index (χ0) is 23.3. The van der Waals surface area contributed by atoms with Gasteiger partial charge in [0.05, 0.1) is 6.42 Å². The molecular formula is C26H32Cl2N2O2. The molecule has 2 aromatic carbocycles. The van der Waals surface area contributed by atoms with E-state index in [2.05, 4.69) is 5.32 Å². The number of halogens is 2. The molecule has 0 heterocycles.